The van der Waals surface area contributed by atoms with Crippen LogP contribution in [0.3, 0.4) is 0 Å². The number of phosphoric ester groups is 3. The molecule has 56 heavy (non-hydrogen) atoms. The van der Waals surface area contributed by atoms with Crippen LogP contribution < -0.4 is 35.9 Å². The number of aliphatic hydroxyl groups is 2. The maximum atomic E-state index is 12.5. The minimum absolute atomic E-state index is 0.0226. The Morgan fingerprint density at radius 3 is 2.43 bits per heavy atom. The Kier molecular flexibility index (Phi) is 17.1. The van der Waals surface area contributed by atoms with E-state index in [1.54, 1.807) is 12.2 Å². The number of ether oxygens (including phenoxy) is 1. The number of carbonyl (C=O) groups is 3. The highest BCUT2D eigenvalue weighted by Gasteiger charge is 2.47. The van der Waals surface area contributed by atoms with E-state index >= 15 is 0 Å². The van der Waals surface area contributed by atoms with Gasteiger partial charge >= 0.3 is 0 Å². The first-order chi connectivity index (χ1) is 25.9. The standard InChI is InChI=1S/C28H44N7O17P3S/c1-16(2)6-5-7-19(37)56-11-10-30-18(36)8-9-31-26(40)23(39)28(3,4)13-49-55(46,47)52-54(44,45)48-12-17-22(51-53(41,42)43)21(38)27(50-17)35-15-34-20-24(29)32-14-33-25(20)35/h5-7,14-15,17,21-23,27,38-39H,8-13H2,1-4H3,(H,30,36)(H,31,40)(H,44,45)(H,46,47)(H2,29,32,33)(H2,41,42,43)/p-4/b7-5+/t17-,21-,22-,23+,27-/m1/s1. The Morgan fingerprint density at radius 2 is 1.77 bits per heavy atom. The van der Waals surface area contributed by atoms with Crippen LogP contribution in [0.5, 0.6) is 0 Å². The average molecular weight is 872 g/mol. The lowest BCUT2D eigenvalue weighted by Gasteiger charge is -2.36. The lowest BCUT2D eigenvalue weighted by atomic mass is 9.87. The number of amides is 2. The first-order valence-electron chi connectivity index (χ1n) is 16.2. The molecule has 0 radical (unpaired) electrons. The molecule has 7 atom stereocenters. The molecule has 1 saturated heterocycles. The Balaban J connectivity index is 1.49. The molecule has 1 aliphatic rings. The minimum Gasteiger partial charge on any atom is -0.790 e. The fraction of sp³-hybridized carbons (Fsp3) is 0.571. The van der Waals surface area contributed by atoms with Crippen LogP contribution in [0, 0.1) is 5.41 Å². The van der Waals surface area contributed by atoms with Gasteiger partial charge in [-0.25, -0.2) is 19.3 Å². The summed E-state index contributed by atoms with van der Waals surface area (Å²) >= 11 is 0.994. The smallest absolute Gasteiger partial charge is 0.274 e. The SMILES string of the molecule is CC(C)=C/C=C/C(=O)SCCNC(=O)CCNC(=O)[C@H](O)C(C)(C)COP(=O)([O-])OP(=O)([O-])OC[C@H]1O[C@@H](n2cnc3c(N)ncnc32)[C@H](O)[C@@H]1OP(=O)([O-])[O-]. The topological polar surface area (TPSA) is 375 Å². The van der Waals surface area contributed by atoms with Crippen molar-refractivity contribution in [2.24, 2.45) is 5.41 Å². The normalized spacial score (nSPS) is 21.7. The molecule has 0 aliphatic carbocycles. The number of fused-ring (bicyclic) bond motifs is 1. The molecule has 1 fully saturated rings. The van der Waals surface area contributed by atoms with Gasteiger partial charge in [-0.1, -0.05) is 43.3 Å². The van der Waals surface area contributed by atoms with Gasteiger partial charge < -0.3 is 69.0 Å². The molecule has 24 nitrogen and oxygen atoms in total. The fourth-order valence-electron chi connectivity index (χ4n) is 4.63. The van der Waals surface area contributed by atoms with Gasteiger partial charge in [-0.15, -0.1) is 0 Å². The average Bonchev–Trinajstić information content (AvgIpc) is 3.64. The van der Waals surface area contributed by atoms with E-state index in [0.29, 0.717) is 5.75 Å². The van der Waals surface area contributed by atoms with Gasteiger partial charge in [-0.3, -0.25) is 28.1 Å². The number of phosphoric acid groups is 3. The van der Waals surface area contributed by atoms with Crippen molar-refractivity contribution < 1.29 is 80.5 Å². The quantitative estimate of drug-likeness (QED) is 0.0380. The van der Waals surface area contributed by atoms with Gasteiger partial charge in [0.05, 0.1) is 27.4 Å². The van der Waals surface area contributed by atoms with Crippen molar-refractivity contribution in [3.8, 4) is 0 Å². The van der Waals surface area contributed by atoms with Crippen molar-refractivity contribution in [3.63, 3.8) is 0 Å². The zero-order valence-corrected chi connectivity index (χ0v) is 33.7. The molecule has 28 heteroatoms. The van der Waals surface area contributed by atoms with E-state index in [1.165, 1.54) is 19.9 Å². The highest BCUT2D eigenvalue weighted by Crippen LogP contribution is 2.56. The Hall–Kier alpha value is -2.96. The second kappa shape index (κ2) is 20.1. The van der Waals surface area contributed by atoms with E-state index in [1.807, 2.05) is 13.8 Å². The van der Waals surface area contributed by atoms with E-state index in [4.69, 9.17) is 10.5 Å². The number of nitrogens with two attached hydrogens (primary N) is 1. The number of nitrogens with zero attached hydrogens (tertiary/aromatic N) is 4. The van der Waals surface area contributed by atoms with Gasteiger partial charge in [-0.05, 0) is 19.9 Å². The Labute approximate surface area is 323 Å². The van der Waals surface area contributed by atoms with Crippen LogP contribution in [0.1, 0.15) is 40.3 Å². The number of carbonyl (C=O) groups excluding carboxylic acids is 3. The van der Waals surface area contributed by atoms with Crippen LogP contribution in [0.4, 0.5) is 5.82 Å². The maximum absolute atomic E-state index is 12.5. The predicted octanol–water partition coefficient (Wildman–Crippen LogP) is -2.34. The highest BCUT2D eigenvalue weighted by atomic mass is 32.2. The molecule has 0 bridgehead atoms. The Bertz CT molecular complexity index is 1920. The molecule has 1 aliphatic heterocycles. The molecule has 2 amide bonds. The first kappa shape index (κ1) is 47.4. The van der Waals surface area contributed by atoms with E-state index in [0.717, 1.165) is 34.6 Å². The fourth-order valence-corrected chi connectivity index (χ4v) is 7.94. The van der Waals surface area contributed by atoms with E-state index in [2.05, 4.69) is 43.5 Å². The van der Waals surface area contributed by atoms with Crippen molar-refractivity contribution >= 4 is 69.1 Å². The van der Waals surface area contributed by atoms with Crippen LogP contribution >= 0.6 is 35.2 Å². The molecule has 0 spiro atoms. The largest absolute Gasteiger partial charge is 0.790 e. The molecule has 0 aromatic carbocycles. The third-order valence-electron chi connectivity index (χ3n) is 7.38. The summed E-state index contributed by atoms with van der Waals surface area (Å²) in [6.45, 7) is 3.81. The zero-order valence-electron chi connectivity index (χ0n) is 30.2. The second-order valence-electron chi connectivity index (χ2n) is 12.8. The van der Waals surface area contributed by atoms with Crippen LogP contribution in [0.2, 0.25) is 0 Å². The number of nitrogen functional groups attached to an aromatic ring is 1. The molecular formula is C28H40N7O17P3S-4. The summed E-state index contributed by atoms with van der Waals surface area (Å²) in [6.07, 6.45) is -2.83. The molecule has 3 rings (SSSR count). The van der Waals surface area contributed by atoms with E-state index in [9.17, 15) is 57.9 Å². The second-order valence-corrected chi connectivity index (χ2v) is 17.9. The highest BCUT2D eigenvalue weighted by molar-refractivity contribution is 8.14. The summed E-state index contributed by atoms with van der Waals surface area (Å²) in [5, 5.41) is 26.0. The van der Waals surface area contributed by atoms with Crippen molar-refractivity contribution in [2.45, 2.75) is 64.8 Å². The number of allylic oxidation sites excluding steroid dienone is 3. The summed E-state index contributed by atoms with van der Waals surface area (Å²) in [7, 11) is -17.6. The minimum atomic E-state index is -5.91. The number of thioether (sulfide) groups is 1. The van der Waals surface area contributed by atoms with Gasteiger partial charge in [0.25, 0.3) is 15.6 Å². The van der Waals surface area contributed by atoms with E-state index in [-0.39, 0.29) is 41.6 Å². The van der Waals surface area contributed by atoms with E-state index < -0.39 is 84.6 Å². The van der Waals surface area contributed by atoms with Crippen LogP contribution in [0.25, 0.3) is 11.2 Å². The summed E-state index contributed by atoms with van der Waals surface area (Å²) in [5.41, 5.74) is 5.08. The van der Waals surface area contributed by atoms with Gasteiger partial charge in [0.2, 0.25) is 16.9 Å². The molecular weight excluding hydrogens is 831 g/mol. The Morgan fingerprint density at radius 1 is 1.09 bits per heavy atom. The number of imidazole rings is 1. The number of rotatable bonds is 21. The molecule has 2 aromatic rings. The van der Waals surface area contributed by atoms with Gasteiger partial charge in [-0.2, -0.15) is 0 Å². The van der Waals surface area contributed by atoms with Crippen LogP contribution in [0.15, 0.2) is 36.5 Å². The number of aliphatic hydroxyl groups excluding tert-OH is 2. The van der Waals surface area contributed by atoms with Crippen molar-refractivity contribution in [3.05, 3.63) is 36.5 Å². The van der Waals surface area contributed by atoms with Crippen LogP contribution in [-0.4, -0.2) is 103 Å². The van der Waals surface area contributed by atoms with Gasteiger partial charge in [0, 0.05) is 30.7 Å². The van der Waals surface area contributed by atoms with Gasteiger partial charge in [0.1, 0.15) is 36.3 Å². The number of aromatic nitrogens is 4. The van der Waals surface area contributed by atoms with Crippen molar-refractivity contribution in [2.75, 3.05) is 37.8 Å². The number of anilines is 1. The molecule has 6 N–H and O–H groups in total. The molecule has 2 aromatic heterocycles. The number of nitrogens with one attached hydrogen (secondary N) is 2. The summed E-state index contributed by atoms with van der Waals surface area (Å²) in [6, 6.07) is 0. The van der Waals surface area contributed by atoms with Crippen LogP contribution in [-0.2, 0) is 50.7 Å². The molecule has 314 valence electrons. The van der Waals surface area contributed by atoms with Crippen molar-refractivity contribution in [1.82, 2.24) is 30.2 Å². The lowest BCUT2D eigenvalue weighted by Crippen LogP contribution is -2.46. The lowest BCUT2D eigenvalue weighted by molar-refractivity contribution is -0.347. The molecule has 0 saturated carbocycles. The monoisotopic (exact) mass is 871 g/mol. The molecule has 2 unspecified atom stereocenters. The number of hydrogen-bond donors (Lipinski definition) is 5. The third kappa shape index (κ3) is 14.8. The zero-order chi connectivity index (χ0) is 42.1. The summed E-state index contributed by atoms with van der Waals surface area (Å²) in [4.78, 5) is 95.7. The molecule has 3 heterocycles. The predicted molar refractivity (Wildman–Crippen MR) is 187 cm³/mol. The summed E-state index contributed by atoms with van der Waals surface area (Å²) < 4.78 is 60.4. The third-order valence-corrected chi connectivity index (χ3v) is 11.2. The summed E-state index contributed by atoms with van der Waals surface area (Å²) in [5.74, 6) is -1.27. The van der Waals surface area contributed by atoms with Crippen molar-refractivity contribution in [1.29, 1.82) is 0 Å². The number of hydrogen-bond acceptors (Lipinski definition) is 22. The maximum Gasteiger partial charge on any atom is 0.274 e. The first-order valence-corrected chi connectivity index (χ1v) is 21.6. The van der Waals surface area contributed by atoms with Gasteiger partial charge in [0.15, 0.2) is 17.7 Å².